The van der Waals surface area contributed by atoms with Crippen molar-refractivity contribution < 1.29 is 9.90 Å². The van der Waals surface area contributed by atoms with Gasteiger partial charge in [0.2, 0.25) is 0 Å². The van der Waals surface area contributed by atoms with Gasteiger partial charge in [-0.05, 0) is 25.2 Å². The molecule has 0 aromatic rings. The maximum absolute atomic E-state index is 10.5. The predicted molar refractivity (Wildman–Crippen MR) is 54.7 cm³/mol. The number of rotatable bonds is 5. The lowest BCUT2D eigenvalue weighted by Gasteiger charge is -2.21. The molecule has 0 saturated carbocycles. The standard InChI is InChI=1S/C11H20O2/c1-5-7-11(3,4)8-6-9(2)10(12)13/h6H,5,7-8H2,1-4H3,(H,12,13). The summed E-state index contributed by atoms with van der Waals surface area (Å²) >= 11 is 0. The van der Waals surface area contributed by atoms with E-state index in [9.17, 15) is 4.79 Å². The summed E-state index contributed by atoms with van der Waals surface area (Å²) < 4.78 is 0. The van der Waals surface area contributed by atoms with Gasteiger partial charge in [-0.2, -0.15) is 0 Å². The first kappa shape index (κ1) is 12.2. The summed E-state index contributed by atoms with van der Waals surface area (Å²) in [5.41, 5.74) is 0.676. The Labute approximate surface area is 80.7 Å². The lowest BCUT2D eigenvalue weighted by Crippen LogP contribution is -2.10. The average molecular weight is 184 g/mol. The van der Waals surface area contributed by atoms with Gasteiger partial charge in [0.05, 0.1) is 0 Å². The Kier molecular flexibility index (Phi) is 4.74. The zero-order valence-electron chi connectivity index (χ0n) is 9.05. The molecule has 13 heavy (non-hydrogen) atoms. The fourth-order valence-electron chi connectivity index (χ4n) is 1.30. The lowest BCUT2D eigenvalue weighted by molar-refractivity contribution is -0.132. The zero-order chi connectivity index (χ0) is 10.5. The molecule has 0 bridgehead atoms. The summed E-state index contributed by atoms with van der Waals surface area (Å²) in [7, 11) is 0. The van der Waals surface area contributed by atoms with Crippen LogP contribution < -0.4 is 0 Å². The van der Waals surface area contributed by atoms with Crippen molar-refractivity contribution in [2.24, 2.45) is 5.41 Å². The minimum Gasteiger partial charge on any atom is -0.478 e. The lowest BCUT2D eigenvalue weighted by atomic mass is 9.84. The Morgan fingerprint density at radius 1 is 1.46 bits per heavy atom. The zero-order valence-corrected chi connectivity index (χ0v) is 9.05. The van der Waals surface area contributed by atoms with E-state index >= 15 is 0 Å². The Hall–Kier alpha value is -0.790. The summed E-state index contributed by atoms with van der Waals surface area (Å²) in [6, 6.07) is 0. The predicted octanol–water partition coefficient (Wildman–Crippen LogP) is 3.23. The first-order valence-electron chi connectivity index (χ1n) is 4.79. The number of carboxylic acid groups (broad SMARTS) is 1. The number of hydrogen-bond acceptors (Lipinski definition) is 1. The van der Waals surface area contributed by atoms with Crippen LogP contribution in [0.2, 0.25) is 0 Å². The van der Waals surface area contributed by atoms with Crippen molar-refractivity contribution in [1.29, 1.82) is 0 Å². The minimum atomic E-state index is -0.813. The van der Waals surface area contributed by atoms with E-state index in [4.69, 9.17) is 5.11 Å². The van der Waals surface area contributed by atoms with Crippen molar-refractivity contribution in [2.75, 3.05) is 0 Å². The SMILES string of the molecule is CCCC(C)(C)CC=C(C)C(=O)O. The van der Waals surface area contributed by atoms with Crippen molar-refractivity contribution in [3.05, 3.63) is 11.6 Å². The molecule has 0 fully saturated rings. The van der Waals surface area contributed by atoms with Crippen molar-refractivity contribution in [2.45, 2.75) is 47.0 Å². The molecule has 0 aliphatic heterocycles. The Morgan fingerprint density at radius 2 is 2.00 bits per heavy atom. The molecule has 76 valence electrons. The van der Waals surface area contributed by atoms with E-state index in [1.807, 2.05) is 6.08 Å². The molecule has 2 nitrogen and oxygen atoms in total. The molecule has 0 unspecified atom stereocenters. The molecule has 0 saturated heterocycles. The largest absolute Gasteiger partial charge is 0.478 e. The topological polar surface area (TPSA) is 37.3 Å². The molecule has 1 N–H and O–H groups in total. The van der Waals surface area contributed by atoms with Gasteiger partial charge >= 0.3 is 5.97 Å². The van der Waals surface area contributed by atoms with Crippen molar-refractivity contribution in [1.82, 2.24) is 0 Å². The molecule has 0 radical (unpaired) electrons. The van der Waals surface area contributed by atoms with E-state index in [1.54, 1.807) is 6.92 Å². The molecule has 0 atom stereocenters. The van der Waals surface area contributed by atoms with Gasteiger partial charge in [0.1, 0.15) is 0 Å². The van der Waals surface area contributed by atoms with Crippen LogP contribution in [0.4, 0.5) is 0 Å². The summed E-state index contributed by atoms with van der Waals surface area (Å²) in [4.78, 5) is 10.5. The van der Waals surface area contributed by atoms with E-state index < -0.39 is 5.97 Å². The van der Waals surface area contributed by atoms with Crippen LogP contribution in [-0.4, -0.2) is 11.1 Å². The molecule has 2 heteroatoms. The van der Waals surface area contributed by atoms with Crippen LogP contribution in [0.15, 0.2) is 11.6 Å². The van der Waals surface area contributed by atoms with Crippen LogP contribution in [0.1, 0.15) is 47.0 Å². The van der Waals surface area contributed by atoms with Crippen LogP contribution in [0.25, 0.3) is 0 Å². The number of carbonyl (C=O) groups is 1. The van der Waals surface area contributed by atoms with E-state index in [0.29, 0.717) is 5.57 Å². The highest BCUT2D eigenvalue weighted by molar-refractivity contribution is 5.85. The molecule has 0 heterocycles. The molecular weight excluding hydrogens is 164 g/mol. The van der Waals surface area contributed by atoms with Gasteiger partial charge in [-0.25, -0.2) is 4.79 Å². The molecular formula is C11H20O2. The Morgan fingerprint density at radius 3 is 2.38 bits per heavy atom. The molecule has 0 rings (SSSR count). The number of carboxylic acids is 1. The molecule has 0 amide bonds. The van der Waals surface area contributed by atoms with Gasteiger partial charge < -0.3 is 5.11 Å². The third-order valence-electron chi connectivity index (χ3n) is 2.22. The quantitative estimate of drug-likeness (QED) is 0.666. The van der Waals surface area contributed by atoms with Gasteiger partial charge in [0.15, 0.2) is 0 Å². The van der Waals surface area contributed by atoms with Gasteiger partial charge in [-0.1, -0.05) is 33.3 Å². The average Bonchev–Trinajstić information content (AvgIpc) is 2.00. The first-order valence-corrected chi connectivity index (χ1v) is 4.79. The van der Waals surface area contributed by atoms with Gasteiger partial charge in [0.25, 0.3) is 0 Å². The van der Waals surface area contributed by atoms with Gasteiger partial charge in [-0.3, -0.25) is 0 Å². The van der Waals surface area contributed by atoms with Crippen LogP contribution in [0, 0.1) is 5.41 Å². The molecule has 0 aliphatic carbocycles. The summed E-state index contributed by atoms with van der Waals surface area (Å²) in [6.45, 7) is 8.13. The number of aliphatic carboxylic acids is 1. The summed E-state index contributed by atoms with van der Waals surface area (Å²) in [5, 5.41) is 8.64. The number of allylic oxidation sites excluding steroid dienone is 1. The second kappa shape index (κ2) is 5.05. The Bertz CT molecular complexity index is 202. The maximum Gasteiger partial charge on any atom is 0.330 e. The van der Waals surface area contributed by atoms with Crippen LogP contribution in [0.3, 0.4) is 0 Å². The third kappa shape index (κ3) is 5.45. The fourth-order valence-corrected chi connectivity index (χ4v) is 1.30. The van der Waals surface area contributed by atoms with Gasteiger partial charge in [0, 0.05) is 5.57 Å². The van der Waals surface area contributed by atoms with Crippen LogP contribution in [0.5, 0.6) is 0 Å². The smallest absolute Gasteiger partial charge is 0.330 e. The van der Waals surface area contributed by atoms with E-state index in [-0.39, 0.29) is 5.41 Å². The van der Waals surface area contributed by atoms with Crippen molar-refractivity contribution in [3.8, 4) is 0 Å². The molecule has 0 aromatic carbocycles. The molecule has 0 aliphatic rings. The normalized spacial score (nSPS) is 13.1. The van der Waals surface area contributed by atoms with Crippen LogP contribution >= 0.6 is 0 Å². The Balaban J connectivity index is 4.13. The van der Waals surface area contributed by atoms with E-state index in [0.717, 1.165) is 19.3 Å². The van der Waals surface area contributed by atoms with E-state index in [1.165, 1.54) is 0 Å². The highest BCUT2D eigenvalue weighted by atomic mass is 16.4. The number of hydrogen-bond donors (Lipinski definition) is 1. The summed E-state index contributed by atoms with van der Waals surface area (Å²) in [6.07, 6.45) is 4.94. The van der Waals surface area contributed by atoms with E-state index in [2.05, 4.69) is 20.8 Å². The van der Waals surface area contributed by atoms with Crippen molar-refractivity contribution >= 4 is 5.97 Å². The second-order valence-electron chi connectivity index (χ2n) is 4.31. The fraction of sp³-hybridized carbons (Fsp3) is 0.727. The monoisotopic (exact) mass is 184 g/mol. The van der Waals surface area contributed by atoms with Crippen molar-refractivity contribution in [3.63, 3.8) is 0 Å². The van der Waals surface area contributed by atoms with Gasteiger partial charge in [-0.15, -0.1) is 0 Å². The third-order valence-corrected chi connectivity index (χ3v) is 2.22. The second-order valence-corrected chi connectivity index (χ2v) is 4.31. The minimum absolute atomic E-state index is 0.228. The highest BCUT2D eigenvalue weighted by Gasteiger charge is 2.15. The first-order chi connectivity index (χ1) is 5.89. The molecule has 0 aromatic heterocycles. The molecule has 0 spiro atoms. The summed E-state index contributed by atoms with van der Waals surface area (Å²) in [5.74, 6) is -0.813. The highest BCUT2D eigenvalue weighted by Crippen LogP contribution is 2.27. The maximum atomic E-state index is 10.5. The van der Waals surface area contributed by atoms with Crippen LogP contribution in [-0.2, 0) is 4.79 Å².